The first-order chi connectivity index (χ1) is 15.0. The fourth-order valence-corrected chi connectivity index (χ4v) is 3.42. The van der Waals surface area contributed by atoms with E-state index in [0.29, 0.717) is 6.54 Å². The Morgan fingerprint density at radius 3 is 2.25 bits per heavy atom. The SMILES string of the molecule is CO[C@@H](CN(C)C(=O)C1CC1)[C@@H](C)CN(C(=O)Nc1ccc(C(F)(F)F)cc1)[C@@H](C)CO. The maximum absolute atomic E-state index is 12.8. The fourth-order valence-electron chi connectivity index (χ4n) is 3.42. The first-order valence-corrected chi connectivity index (χ1v) is 10.6. The Balaban J connectivity index is 2.04. The van der Waals surface area contributed by atoms with Crippen LogP contribution in [0, 0.1) is 11.8 Å². The number of methoxy groups -OCH3 is 1. The highest BCUT2D eigenvalue weighted by atomic mass is 19.4. The van der Waals surface area contributed by atoms with Gasteiger partial charge in [0, 0.05) is 44.8 Å². The summed E-state index contributed by atoms with van der Waals surface area (Å²) in [4.78, 5) is 28.1. The molecule has 1 aliphatic carbocycles. The molecule has 2 rings (SSSR count). The predicted molar refractivity (Wildman–Crippen MR) is 114 cm³/mol. The number of hydrogen-bond donors (Lipinski definition) is 2. The summed E-state index contributed by atoms with van der Waals surface area (Å²) in [7, 11) is 3.27. The zero-order valence-electron chi connectivity index (χ0n) is 18.9. The van der Waals surface area contributed by atoms with Crippen molar-refractivity contribution >= 4 is 17.6 Å². The average molecular weight is 460 g/mol. The van der Waals surface area contributed by atoms with Gasteiger partial charge in [-0.2, -0.15) is 13.2 Å². The number of halogens is 3. The van der Waals surface area contributed by atoms with Crippen LogP contribution in [0.4, 0.5) is 23.7 Å². The number of ether oxygens (including phenoxy) is 1. The van der Waals surface area contributed by atoms with Gasteiger partial charge in [0.1, 0.15) is 0 Å². The van der Waals surface area contributed by atoms with Gasteiger partial charge >= 0.3 is 12.2 Å². The molecule has 10 heteroatoms. The lowest BCUT2D eigenvalue weighted by Crippen LogP contribution is -2.49. The van der Waals surface area contributed by atoms with Gasteiger partial charge < -0.3 is 25.0 Å². The van der Waals surface area contributed by atoms with E-state index in [1.54, 1.807) is 26.0 Å². The van der Waals surface area contributed by atoms with Crippen molar-refractivity contribution in [2.45, 2.75) is 45.0 Å². The molecule has 0 radical (unpaired) electrons. The lowest BCUT2D eigenvalue weighted by atomic mass is 10.0. The Labute approximate surface area is 186 Å². The molecular formula is C22H32F3N3O4. The molecule has 3 atom stereocenters. The van der Waals surface area contributed by atoms with E-state index in [9.17, 15) is 27.9 Å². The smallest absolute Gasteiger partial charge is 0.394 e. The molecule has 1 fully saturated rings. The summed E-state index contributed by atoms with van der Waals surface area (Å²) in [5, 5.41) is 12.2. The minimum atomic E-state index is -4.46. The van der Waals surface area contributed by atoms with Gasteiger partial charge in [-0.3, -0.25) is 4.79 Å². The zero-order chi connectivity index (χ0) is 24.1. The summed E-state index contributed by atoms with van der Waals surface area (Å²) < 4.78 is 43.8. The van der Waals surface area contributed by atoms with Crippen LogP contribution in [0.1, 0.15) is 32.3 Å². The van der Waals surface area contributed by atoms with Crippen molar-refractivity contribution in [2.75, 3.05) is 39.2 Å². The molecule has 3 amide bonds. The normalized spacial score (nSPS) is 16.8. The molecule has 180 valence electrons. The molecule has 0 aromatic heterocycles. The van der Waals surface area contributed by atoms with Crippen LogP contribution < -0.4 is 5.32 Å². The molecule has 2 N–H and O–H groups in total. The maximum Gasteiger partial charge on any atom is 0.416 e. The topological polar surface area (TPSA) is 82.1 Å². The summed E-state index contributed by atoms with van der Waals surface area (Å²) >= 11 is 0. The number of benzene rings is 1. The van der Waals surface area contributed by atoms with E-state index in [4.69, 9.17) is 4.74 Å². The third kappa shape index (κ3) is 7.09. The molecule has 1 saturated carbocycles. The second kappa shape index (κ2) is 11.0. The number of carbonyl (C=O) groups is 2. The van der Waals surface area contributed by atoms with Gasteiger partial charge in [-0.05, 0) is 44.0 Å². The van der Waals surface area contributed by atoms with Crippen LogP contribution in [0.2, 0.25) is 0 Å². The number of aliphatic hydroxyl groups excluding tert-OH is 1. The summed E-state index contributed by atoms with van der Waals surface area (Å²) in [6.07, 6.45) is -2.99. The molecule has 0 unspecified atom stereocenters. The molecule has 1 aliphatic rings. The van der Waals surface area contributed by atoms with E-state index in [-0.39, 0.29) is 42.7 Å². The number of alkyl halides is 3. The van der Waals surface area contributed by atoms with Gasteiger partial charge in [-0.15, -0.1) is 0 Å². The van der Waals surface area contributed by atoms with Gasteiger partial charge in [-0.25, -0.2) is 4.79 Å². The third-order valence-electron chi connectivity index (χ3n) is 5.70. The highest BCUT2D eigenvalue weighted by molar-refractivity contribution is 5.89. The number of nitrogens with zero attached hydrogens (tertiary/aromatic N) is 2. The van der Waals surface area contributed by atoms with Crippen LogP contribution in [0.25, 0.3) is 0 Å². The van der Waals surface area contributed by atoms with Crippen molar-refractivity contribution < 1.29 is 32.6 Å². The Bertz CT molecular complexity index is 769. The van der Waals surface area contributed by atoms with Gasteiger partial charge in [0.15, 0.2) is 0 Å². The van der Waals surface area contributed by atoms with E-state index >= 15 is 0 Å². The van der Waals surface area contributed by atoms with Crippen molar-refractivity contribution in [3.05, 3.63) is 29.8 Å². The highest BCUT2D eigenvalue weighted by Crippen LogP contribution is 2.31. The van der Waals surface area contributed by atoms with E-state index in [0.717, 1.165) is 25.0 Å². The van der Waals surface area contributed by atoms with Gasteiger partial charge in [-0.1, -0.05) is 6.92 Å². The Hall–Kier alpha value is -2.33. The lowest BCUT2D eigenvalue weighted by molar-refractivity contribution is -0.137. The molecular weight excluding hydrogens is 427 g/mol. The average Bonchev–Trinajstić information content (AvgIpc) is 3.59. The van der Waals surface area contributed by atoms with Crippen molar-refractivity contribution in [3.63, 3.8) is 0 Å². The van der Waals surface area contributed by atoms with E-state index in [2.05, 4.69) is 5.32 Å². The summed E-state index contributed by atoms with van der Waals surface area (Å²) in [6.45, 7) is 3.85. The molecule has 32 heavy (non-hydrogen) atoms. The van der Waals surface area contributed by atoms with E-state index < -0.39 is 23.8 Å². The van der Waals surface area contributed by atoms with Gasteiger partial charge in [0.05, 0.1) is 24.3 Å². The second-order valence-corrected chi connectivity index (χ2v) is 8.43. The van der Waals surface area contributed by atoms with Crippen LogP contribution in [0.5, 0.6) is 0 Å². The standard InChI is InChI=1S/C22H32F3N3O4/c1-14(19(32-4)12-27(3)20(30)16-5-6-16)11-28(15(2)13-29)21(31)26-18-9-7-17(8-10-18)22(23,24)25/h7-10,14-16,19,29H,5-6,11-13H2,1-4H3,(H,26,31)/t14-,15-,19-/m0/s1. The van der Waals surface area contributed by atoms with Gasteiger partial charge in [0.2, 0.25) is 5.91 Å². The summed E-state index contributed by atoms with van der Waals surface area (Å²) in [5.74, 6) is -0.00470. The number of urea groups is 1. The molecule has 1 aromatic rings. The lowest BCUT2D eigenvalue weighted by Gasteiger charge is -2.34. The molecule has 0 bridgehead atoms. The van der Waals surface area contributed by atoms with E-state index in [1.165, 1.54) is 17.0 Å². The van der Waals surface area contributed by atoms with Crippen molar-refractivity contribution in [2.24, 2.45) is 11.8 Å². The highest BCUT2D eigenvalue weighted by Gasteiger charge is 2.34. The van der Waals surface area contributed by atoms with Crippen LogP contribution in [-0.2, 0) is 15.7 Å². The number of aliphatic hydroxyl groups is 1. The van der Waals surface area contributed by atoms with Crippen LogP contribution >= 0.6 is 0 Å². The minimum absolute atomic E-state index is 0.0832. The minimum Gasteiger partial charge on any atom is -0.394 e. The monoisotopic (exact) mass is 459 g/mol. The molecule has 0 heterocycles. The maximum atomic E-state index is 12.8. The molecule has 0 aliphatic heterocycles. The predicted octanol–water partition coefficient (Wildman–Crippen LogP) is 3.44. The van der Waals surface area contributed by atoms with Crippen molar-refractivity contribution in [3.8, 4) is 0 Å². The number of likely N-dealkylation sites (N-methyl/N-ethyl adjacent to an activating group) is 1. The zero-order valence-corrected chi connectivity index (χ0v) is 18.9. The molecule has 1 aromatic carbocycles. The largest absolute Gasteiger partial charge is 0.416 e. The Morgan fingerprint density at radius 2 is 1.78 bits per heavy atom. The van der Waals surface area contributed by atoms with Crippen LogP contribution in [-0.4, -0.2) is 72.8 Å². The Kier molecular flexibility index (Phi) is 8.91. The number of anilines is 1. The first-order valence-electron chi connectivity index (χ1n) is 10.6. The quantitative estimate of drug-likeness (QED) is 0.562. The van der Waals surface area contributed by atoms with Crippen molar-refractivity contribution in [1.29, 1.82) is 0 Å². The first kappa shape index (κ1) is 25.9. The number of nitrogens with one attached hydrogen (secondary N) is 1. The van der Waals surface area contributed by atoms with Crippen LogP contribution in [0.15, 0.2) is 24.3 Å². The summed E-state index contributed by atoms with van der Waals surface area (Å²) in [6, 6.07) is 3.08. The fraction of sp³-hybridized carbons (Fsp3) is 0.636. The molecule has 0 spiro atoms. The van der Waals surface area contributed by atoms with Crippen molar-refractivity contribution in [1.82, 2.24) is 9.80 Å². The van der Waals surface area contributed by atoms with E-state index in [1.807, 2.05) is 6.92 Å². The van der Waals surface area contributed by atoms with Crippen LogP contribution in [0.3, 0.4) is 0 Å². The molecule has 0 saturated heterocycles. The molecule has 7 nitrogen and oxygen atoms in total. The second-order valence-electron chi connectivity index (χ2n) is 8.43. The Morgan fingerprint density at radius 1 is 1.19 bits per heavy atom. The number of hydrogen-bond acceptors (Lipinski definition) is 4. The van der Waals surface area contributed by atoms with Gasteiger partial charge in [0.25, 0.3) is 0 Å². The number of carbonyl (C=O) groups excluding carboxylic acids is 2. The number of rotatable bonds is 10. The third-order valence-corrected chi connectivity index (χ3v) is 5.70. The summed E-state index contributed by atoms with van der Waals surface area (Å²) in [5.41, 5.74) is -0.596. The number of amides is 3.